The summed E-state index contributed by atoms with van der Waals surface area (Å²) in [5.41, 5.74) is 1.31. The summed E-state index contributed by atoms with van der Waals surface area (Å²) in [6.07, 6.45) is 2.04. The Morgan fingerprint density at radius 2 is 1.61 bits per heavy atom. The van der Waals surface area contributed by atoms with Crippen LogP contribution < -0.4 is 5.32 Å². The van der Waals surface area contributed by atoms with Crippen LogP contribution in [0.3, 0.4) is 0 Å². The highest BCUT2D eigenvalue weighted by molar-refractivity contribution is 5.98. The maximum absolute atomic E-state index is 13.8. The highest BCUT2D eigenvalue weighted by Crippen LogP contribution is 2.16. The van der Waals surface area contributed by atoms with Gasteiger partial charge in [0.1, 0.15) is 11.6 Å². The van der Waals surface area contributed by atoms with E-state index >= 15 is 0 Å². The van der Waals surface area contributed by atoms with Gasteiger partial charge in [0, 0.05) is 38.3 Å². The number of piperazine rings is 1. The zero-order valence-corrected chi connectivity index (χ0v) is 16.9. The number of halogens is 2. The van der Waals surface area contributed by atoms with Gasteiger partial charge in [-0.2, -0.15) is 0 Å². The first-order chi connectivity index (χ1) is 14.9. The number of anilines is 1. The van der Waals surface area contributed by atoms with E-state index in [1.165, 1.54) is 11.0 Å². The molecule has 1 aliphatic rings. The number of nitrogens with one attached hydrogen (secondary N) is 1. The summed E-state index contributed by atoms with van der Waals surface area (Å²) in [6.45, 7) is 4.60. The van der Waals surface area contributed by atoms with Crippen molar-refractivity contribution in [3.8, 4) is 0 Å². The van der Waals surface area contributed by atoms with E-state index in [0.717, 1.165) is 23.8 Å². The molecule has 2 aromatic carbocycles. The highest BCUT2D eigenvalue weighted by atomic mass is 19.1. The SMILES string of the molecule is C=CC(=O)Nc1ccc(CCC(=O)N2CCN(C(=O)c3cc(F)ccc3F)CC2)cc1. The number of rotatable bonds is 6. The summed E-state index contributed by atoms with van der Waals surface area (Å²) < 4.78 is 27.2. The van der Waals surface area contributed by atoms with Crippen molar-refractivity contribution in [3.05, 3.63) is 77.9 Å². The van der Waals surface area contributed by atoms with Gasteiger partial charge in [-0.05, 0) is 48.4 Å². The van der Waals surface area contributed by atoms with Crippen molar-refractivity contribution in [2.75, 3.05) is 31.5 Å². The zero-order chi connectivity index (χ0) is 22.4. The Bertz CT molecular complexity index is 984. The maximum Gasteiger partial charge on any atom is 0.257 e. The monoisotopic (exact) mass is 427 g/mol. The molecule has 0 aliphatic carbocycles. The van der Waals surface area contributed by atoms with Crippen molar-refractivity contribution in [1.29, 1.82) is 0 Å². The van der Waals surface area contributed by atoms with Crippen LogP contribution >= 0.6 is 0 Å². The molecular weight excluding hydrogens is 404 g/mol. The number of hydrogen-bond acceptors (Lipinski definition) is 3. The van der Waals surface area contributed by atoms with Gasteiger partial charge >= 0.3 is 0 Å². The molecule has 1 aliphatic heterocycles. The third-order valence-electron chi connectivity index (χ3n) is 5.11. The molecule has 2 aromatic rings. The molecule has 0 aromatic heterocycles. The third kappa shape index (κ3) is 5.75. The Hall–Kier alpha value is -3.55. The molecule has 162 valence electrons. The van der Waals surface area contributed by atoms with Crippen LogP contribution in [-0.4, -0.2) is 53.7 Å². The lowest BCUT2D eigenvalue weighted by molar-refractivity contribution is -0.132. The third-order valence-corrected chi connectivity index (χ3v) is 5.11. The molecule has 8 heteroatoms. The molecule has 1 fully saturated rings. The van der Waals surface area contributed by atoms with Gasteiger partial charge in [0.15, 0.2) is 0 Å². The fourth-order valence-electron chi connectivity index (χ4n) is 3.35. The predicted octanol–water partition coefficient (Wildman–Crippen LogP) is 3.01. The van der Waals surface area contributed by atoms with Gasteiger partial charge in [-0.1, -0.05) is 18.7 Å². The number of nitrogens with zero attached hydrogens (tertiary/aromatic N) is 2. The van der Waals surface area contributed by atoms with Gasteiger partial charge in [0.25, 0.3) is 5.91 Å². The average Bonchev–Trinajstić information content (AvgIpc) is 2.79. The predicted molar refractivity (Wildman–Crippen MR) is 112 cm³/mol. The number of benzene rings is 2. The molecule has 1 heterocycles. The smallest absolute Gasteiger partial charge is 0.257 e. The van der Waals surface area contributed by atoms with E-state index in [1.54, 1.807) is 17.0 Å². The molecule has 0 atom stereocenters. The molecule has 3 rings (SSSR count). The Balaban J connectivity index is 1.48. The molecule has 0 bridgehead atoms. The summed E-state index contributed by atoms with van der Waals surface area (Å²) in [7, 11) is 0. The van der Waals surface area contributed by atoms with E-state index in [2.05, 4.69) is 11.9 Å². The number of carbonyl (C=O) groups is 3. The molecule has 0 radical (unpaired) electrons. The topological polar surface area (TPSA) is 69.7 Å². The number of amides is 3. The van der Waals surface area contributed by atoms with Gasteiger partial charge < -0.3 is 15.1 Å². The van der Waals surface area contributed by atoms with Crippen LogP contribution in [0.2, 0.25) is 0 Å². The van der Waals surface area contributed by atoms with Crippen molar-refractivity contribution < 1.29 is 23.2 Å². The fourth-order valence-corrected chi connectivity index (χ4v) is 3.35. The summed E-state index contributed by atoms with van der Waals surface area (Å²) in [5, 5.41) is 2.66. The van der Waals surface area contributed by atoms with Crippen LogP contribution in [0.4, 0.5) is 14.5 Å². The highest BCUT2D eigenvalue weighted by Gasteiger charge is 2.26. The lowest BCUT2D eigenvalue weighted by Gasteiger charge is -2.35. The summed E-state index contributed by atoms with van der Waals surface area (Å²) in [4.78, 5) is 39.4. The van der Waals surface area contributed by atoms with Crippen LogP contribution in [0.1, 0.15) is 22.3 Å². The summed E-state index contributed by atoms with van der Waals surface area (Å²) in [5.74, 6) is -2.34. The first kappa shape index (κ1) is 22.1. The fraction of sp³-hybridized carbons (Fsp3) is 0.261. The van der Waals surface area contributed by atoms with Crippen molar-refractivity contribution >= 4 is 23.4 Å². The molecular formula is C23H23F2N3O3. The Kier molecular flexibility index (Phi) is 7.12. The van der Waals surface area contributed by atoms with Gasteiger partial charge in [-0.25, -0.2) is 8.78 Å². The second-order valence-electron chi connectivity index (χ2n) is 7.19. The van der Waals surface area contributed by atoms with Crippen LogP contribution in [0, 0.1) is 11.6 Å². The van der Waals surface area contributed by atoms with Crippen LogP contribution in [-0.2, 0) is 16.0 Å². The Morgan fingerprint density at radius 1 is 0.968 bits per heavy atom. The van der Waals surface area contributed by atoms with Crippen molar-refractivity contribution in [2.45, 2.75) is 12.8 Å². The average molecular weight is 427 g/mol. The van der Waals surface area contributed by atoms with Crippen molar-refractivity contribution in [1.82, 2.24) is 9.80 Å². The molecule has 31 heavy (non-hydrogen) atoms. The standard InChI is InChI=1S/C23H23F2N3O3/c1-2-21(29)26-18-7-3-16(4-8-18)5-10-22(30)27-11-13-28(14-12-27)23(31)19-15-17(24)6-9-20(19)25/h2-4,6-9,15H,1,5,10-14H2,(H,26,29). The molecule has 3 amide bonds. The van der Waals surface area contributed by atoms with E-state index < -0.39 is 17.5 Å². The molecule has 0 spiro atoms. The van der Waals surface area contributed by atoms with E-state index in [4.69, 9.17) is 0 Å². The molecule has 1 saturated heterocycles. The van der Waals surface area contributed by atoms with Gasteiger partial charge in [-0.15, -0.1) is 0 Å². The molecule has 0 unspecified atom stereocenters. The van der Waals surface area contributed by atoms with Crippen LogP contribution in [0.25, 0.3) is 0 Å². The number of hydrogen-bond donors (Lipinski definition) is 1. The van der Waals surface area contributed by atoms with Gasteiger partial charge in [0.2, 0.25) is 11.8 Å². The molecule has 1 N–H and O–H groups in total. The Labute approximate surface area is 179 Å². The lowest BCUT2D eigenvalue weighted by atomic mass is 10.1. The van der Waals surface area contributed by atoms with E-state index in [0.29, 0.717) is 31.6 Å². The first-order valence-electron chi connectivity index (χ1n) is 9.92. The van der Waals surface area contributed by atoms with E-state index in [9.17, 15) is 23.2 Å². The summed E-state index contributed by atoms with van der Waals surface area (Å²) >= 11 is 0. The number of carbonyl (C=O) groups excluding carboxylic acids is 3. The van der Waals surface area contributed by atoms with Gasteiger partial charge in [0.05, 0.1) is 5.56 Å². The van der Waals surface area contributed by atoms with Crippen LogP contribution in [0.15, 0.2) is 55.1 Å². The lowest BCUT2D eigenvalue weighted by Crippen LogP contribution is -2.50. The molecule has 6 nitrogen and oxygen atoms in total. The quantitative estimate of drug-likeness (QED) is 0.721. The minimum Gasteiger partial charge on any atom is -0.339 e. The largest absolute Gasteiger partial charge is 0.339 e. The Morgan fingerprint density at radius 3 is 2.26 bits per heavy atom. The van der Waals surface area contributed by atoms with Crippen molar-refractivity contribution in [3.63, 3.8) is 0 Å². The normalized spacial score (nSPS) is 13.6. The number of aryl methyl sites for hydroxylation is 1. The minimum atomic E-state index is -0.764. The zero-order valence-electron chi connectivity index (χ0n) is 16.9. The second-order valence-corrected chi connectivity index (χ2v) is 7.19. The van der Waals surface area contributed by atoms with E-state index in [1.807, 2.05) is 12.1 Å². The summed E-state index contributed by atoms with van der Waals surface area (Å²) in [6, 6.07) is 10.00. The minimum absolute atomic E-state index is 0.0342. The molecule has 0 saturated carbocycles. The first-order valence-corrected chi connectivity index (χ1v) is 9.92. The second kappa shape index (κ2) is 9.97. The van der Waals surface area contributed by atoms with Crippen LogP contribution in [0.5, 0.6) is 0 Å². The van der Waals surface area contributed by atoms with Crippen molar-refractivity contribution in [2.24, 2.45) is 0 Å². The maximum atomic E-state index is 13.8. The van der Waals surface area contributed by atoms with Gasteiger partial charge in [-0.3, -0.25) is 14.4 Å². The van der Waals surface area contributed by atoms with E-state index in [-0.39, 0.29) is 30.5 Å².